The lowest BCUT2D eigenvalue weighted by Gasteiger charge is -2.04. The summed E-state index contributed by atoms with van der Waals surface area (Å²) in [6, 6.07) is 3.43. The molecule has 0 aliphatic heterocycles. The van der Waals surface area contributed by atoms with E-state index in [9.17, 15) is 10.1 Å². The highest BCUT2D eigenvalue weighted by Crippen LogP contribution is 2.34. The molecule has 82 valence electrons. The molecule has 0 aliphatic rings. The van der Waals surface area contributed by atoms with Crippen LogP contribution in [0, 0.1) is 17.0 Å². The Labute approximate surface area is 101 Å². The second-order valence-corrected chi connectivity index (χ2v) is 4.06. The molecule has 0 saturated heterocycles. The van der Waals surface area contributed by atoms with Gasteiger partial charge in [-0.2, -0.15) is 0 Å². The summed E-state index contributed by atoms with van der Waals surface area (Å²) in [5.74, 6) is 0. The van der Waals surface area contributed by atoms with Gasteiger partial charge in [0.1, 0.15) is 11.2 Å². The monoisotopic (exact) mass is 256 g/mol. The normalized spacial score (nSPS) is 10.7. The van der Waals surface area contributed by atoms with Gasteiger partial charge in [0.05, 0.1) is 15.5 Å². The summed E-state index contributed by atoms with van der Waals surface area (Å²) in [4.78, 5) is 14.1. The van der Waals surface area contributed by atoms with Crippen molar-refractivity contribution in [2.45, 2.75) is 6.92 Å². The highest BCUT2D eigenvalue weighted by molar-refractivity contribution is 6.40. The summed E-state index contributed by atoms with van der Waals surface area (Å²) in [5.41, 5.74) is 1.12. The number of nitro groups is 1. The molecule has 1 heterocycles. The fourth-order valence-electron chi connectivity index (χ4n) is 1.42. The maximum absolute atomic E-state index is 10.7. The summed E-state index contributed by atoms with van der Waals surface area (Å²) < 4.78 is 0. The first-order chi connectivity index (χ1) is 7.52. The molecule has 2 aromatic rings. The number of halogens is 2. The van der Waals surface area contributed by atoms with Gasteiger partial charge in [-0.15, -0.1) is 0 Å². The highest BCUT2D eigenvalue weighted by atomic mass is 35.5. The zero-order chi connectivity index (χ0) is 11.9. The van der Waals surface area contributed by atoms with Crippen molar-refractivity contribution in [2.75, 3.05) is 0 Å². The first-order valence-corrected chi connectivity index (χ1v) is 5.15. The van der Waals surface area contributed by atoms with E-state index < -0.39 is 4.92 Å². The largest absolute Gasteiger partial charge is 0.306 e. The van der Waals surface area contributed by atoms with Crippen molar-refractivity contribution < 1.29 is 4.92 Å². The molecule has 0 atom stereocenters. The van der Waals surface area contributed by atoms with Crippen molar-refractivity contribution >= 4 is 39.8 Å². The maximum Gasteiger partial charge on any atom is 0.306 e. The van der Waals surface area contributed by atoms with Crippen molar-refractivity contribution in [2.24, 2.45) is 0 Å². The number of hydrogen-bond acceptors (Lipinski definition) is 3. The van der Waals surface area contributed by atoms with Crippen LogP contribution < -0.4 is 0 Å². The molecule has 0 N–H and O–H groups in total. The van der Waals surface area contributed by atoms with Crippen molar-refractivity contribution in [3.8, 4) is 0 Å². The van der Waals surface area contributed by atoms with Gasteiger partial charge in [-0.05, 0) is 12.5 Å². The Hall–Kier alpha value is -1.39. The third-order valence-corrected chi connectivity index (χ3v) is 3.16. The molecule has 0 amide bonds. The average Bonchev–Trinajstić information content (AvgIpc) is 2.23. The predicted octanol–water partition coefficient (Wildman–Crippen LogP) is 3.76. The lowest BCUT2D eigenvalue weighted by atomic mass is 10.1. The van der Waals surface area contributed by atoms with E-state index in [1.54, 1.807) is 12.1 Å². The van der Waals surface area contributed by atoms with Crippen LogP contribution in [-0.2, 0) is 0 Å². The molecule has 0 saturated carbocycles. The highest BCUT2D eigenvalue weighted by Gasteiger charge is 2.17. The first-order valence-electron chi connectivity index (χ1n) is 4.40. The Morgan fingerprint density at radius 2 is 2.00 bits per heavy atom. The molecule has 0 spiro atoms. The number of nitrogens with zero attached hydrogens (tertiary/aromatic N) is 2. The van der Waals surface area contributed by atoms with E-state index in [4.69, 9.17) is 23.2 Å². The summed E-state index contributed by atoms with van der Waals surface area (Å²) >= 11 is 12.0. The SMILES string of the molecule is Cc1ccc2c(Cl)c([N+](=O)[O-])cnc2c1Cl. The molecular weight excluding hydrogens is 251 g/mol. The molecule has 0 radical (unpaired) electrons. The molecule has 1 aromatic carbocycles. The van der Waals surface area contributed by atoms with Gasteiger partial charge in [0.25, 0.3) is 0 Å². The Morgan fingerprint density at radius 3 is 2.62 bits per heavy atom. The smallest absolute Gasteiger partial charge is 0.258 e. The Balaban J connectivity index is 2.87. The van der Waals surface area contributed by atoms with E-state index in [0.29, 0.717) is 15.9 Å². The summed E-state index contributed by atoms with van der Waals surface area (Å²) in [7, 11) is 0. The van der Waals surface area contributed by atoms with Crippen LogP contribution in [0.15, 0.2) is 18.3 Å². The summed E-state index contributed by atoms with van der Waals surface area (Å²) in [6.07, 6.45) is 1.12. The van der Waals surface area contributed by atoms with E-state index in [0.717, 1.165) is 11.8 Å². The third kappa shape index (κ3) is 1.60. The second kappa shape index (κ2) is 3.88. The van der Waals surface area contributed by atoms with Crippen LogP contribution in [0.5, 0.6) is 0 Å². The van der Waals surface area contributed by atoms with Gasteiger partial charge in [0.2, 0.25) is 0 Å². The van der Waals surface area contributed by atoms with Crippen molar-refractivity contribution in [3.05, 3.63) is 44.1 Å². The summed E-state index contributed by atoms with van der Waals surface area (Å²) in [6.45, 7) is 1.83. The Kier molecular flexibility index (Phi) is 2.69. The van der Waals surface area contributed by atoms with E-state index in [1.165, 1.54) is 0 Å². The zero-order valence-electron chi connectivity index (χ0n) is 8.20. The number of aryl methyl sites for hydroxylation is 1. The minimum atomic E-state index is -0.567. The van der Waals surface area contributed by atoms with Gasteiger partial charge >= 0.3 is 5.69 Å². The molecule has 6 heteroatoms. The number of pyridine rings is 1. The standard InChI is InChI=1S/C10H6Cl2N2O2/c1-5-2-3-6-9(12)7(14(15)16)4-13-10(6)8(5)11/h2-4H,1H3. The van der Waals surface area contributed by atoms with Crippen LogP contribution in [0.1, 0.15) is 5.56 Å². The van der Waals surface area contributed by atoms with Gasteiger partial charge in [0.15, 0.2) is 0 Å². The van der Waals surface area contributed by atoms with E-state index in [-0.39, 0.29) is 10.7 Å². The number of hydrogen-bond donors (Lipinski definition) is 0. The molecule has 2 rings (SSSR count). The number of benzene rings is 1. The van der Waals surface area contributed by atoms with Crippen molar-refractivity contribution in [3.63, 3.8) is 0 Å². The van der Waals surface area contributed by atoms with Crippen molar-refractivity contribution in [1.29, 1.82) is 0 Å². The fraction of sp³-hybridized carbons (Fsp3) is 0.100. The van der Waals surface area contributed by atoms with Crippen molar-refractivity contribution in [1.82, 2.24) is 4.98 Å². The van der Waals surface area contributed by atoms with Crippen LogP contribution >= 0.6 is 23.2 Å². The number of fused-ring (bicyclic) bond motifs is 1. The van der Waals surface area contributed by atoms with E-state index in [1.807, 2.05) is 6.92 Å². The lowest BCUT2D eigenvalue weighted by Crippen LogP contribution is -1.92. The minimum Gasteiger partial charge on any atom is -0.258 e. The van der Waals surface area contributed by atoms with Gasteiger partial charge in [-0.3, -0.25) is 10.1 Å². The molecule has 0 fully saturated rings. The molecule has 16 heavy (non-hydrogen) atoms. The van der Waals surface area contributed by atoms with Gasteiger partial charge < -0.3 is 0 Å². The van der Waals surface area contributed by atoms with Crippen LogP contribution in [0.2, 0.25) is 10.0 Å². The topological polar surface area (TPSA) is 56.0 Å². The minimum absolute atomic E-state index is 0.0666. The van der Waals surface area contributed by atoms with Gasteiger partial charge in [-0.1, -0.05) is 35.3 Å². The molecular formula is C10H6Cl2N2O2. The van der Waals surface area contributed by atoms with Crippen LogP contribution in [0.3, 0.4) is 0 Å². The van der Waals surface area contributed by atoms with E-state index >= 15 is 0 Å². The molecule has 0 aliphatic carbocycles. The number of aromatic nitrogens is 1. The van der Waals surface area contributed by atoms with Crippen LogP contribution in [-0.4, -0.2) is 9.91 Å². The zero-order valence-corrected chi connectivity index (χ0v) is 9.71. The lowest BCUT2D eigenvalue weighted by molar-refractivity contribution is -0.384. The quantitative estimate of drug-likeness (QED) is 0.577. The maximum atomic E-state index is 10.7. The van der Waals surface area contributed by atoms with E-state index in [2.05, 4.69) is 4.98 Å². The molecule has 4 nitrogen and oxygen atoms in total. The Morgan fingerprint density at radius 1 is 1.31 bits per heavy atom. The van der Waals surface area contributed by atoms with Crippen LogP contribution in [0.4, 0.5) is 5.69 Å². The fourth-order valence-corrected chi connectivity index (χ4v) is 1.90. The first kappa shape index (κ1) is 11.1. The third-order valence-electron chi connectivity index (χ3n) is 2.28. The second-order valence-electron chi connectivity index (χ2n) is 3.31. The van der Waals surface area contributed by atoms with Gasteiger partial charge in [0, 0.05) is 5.39 Å². The molecule has 0 bridgehead atoms. The molecule has 1 aromatic heterocycles. The number of rotatable bonds is 1. The van der Waals surface area contributed by atoms with Crippen LogP contribution in [0.25, 0.3) is 10.9 Å². The molecule has 0 unspecified atom stereocenters. The predicted molar refractivity (Wildman–Crippen MR) is 63.2 cm³/mol. The van der Waals surface area contributed by atoms with Gasteiger partial charge in [-0.25, -0.2) is 4.98 Å². The average molecular weight is 257 g/mol. The summed E-state index contributed by atoms with van der Waals surface area (Å²) in [5, 5.41) is 11.7. The Bertz CT molecular complexity index is 599.